The van der Waals surface area contributed by atoms with E-state index in [2.05, 4.69) is 22.4 Å². The summed E-state index contributed by atoms with van der Waals surface area (Å²) in [5, 5.41) is 28.3. The molecule has 42 heteroatoms. The third-order valence-corrected chi connectivity index (χ3v) is 20.5. The molecule has 0 aromatic carbocycles. The van der Waals surface area contributed by atoms with E-state index in [-0.39, 0.29) is 25.7 Å². The molecule has 0 saturated heterocycles. The lowest BCUT2D eigenvalue weighted by Gasteiger charge is -2.19. The van der Waals surface area contributed by atoms with Crippen LogP contribution in [0.2, 0.25) is 0 Å². The monoisotopic (exact) mass is 2090 g/mol. The van der Waals surface area contributed by atoms with E-state index in [1.807, 2.05) is 0 Å². The number of carbonyl (C=O) groups is 2. The SMILES string of the molecule is COCCOCCOCCOCCOCCOCCOCCOCCOCCOCCOCCOCCOCCOCCOCCOCCOCCCCCCCCCCCCOC(=O)CCC(C)(C#N)/N=N/C(C)(C#N)CCC(=O)OCCCCCCCCCCCCOCCOCCOCCOCCOCCOCCOCCOCCOCCOCCOCCOCCOCCOCCOCCOCCOC. The molecule has 0 rings (SSSR count). The van der Waals surface area contributed by atoms with Crippen LogP contribution in [0.15, 0.2) is 10.2 Å². The summed E-state index contributed by atoms with van der Waals surface area (Å²) in [4.78, 5) is 25.2. The van der Waals surface area contributed by atoms with Crippen LogP contribution in [-0.4, -0.2) is 487 Å². The molecule has 0 aliphatic rings. The molecule has 42 nitrogen and oxygen atoms in total. The Morgan fingerprint density at radius 3 is 0.389 bits per heavy atom. The summed E-state index contributed by atoms with van der Waals surface area (Å²) in [5.41, 5.74) is -2.66. The van der Waals surface area contributed by atoms with Gasteiger partial charge in [0.15, 0.2) is 11.1 Å². The number of nitriles is 2. The van der Waals surface area contributed by atoms with Gasteiger partial charge in [-0.1, -0.05) is 103 Å². The Labute approximate surface area is 863 Å². The number of hydrogen-bond donors (Lipinski definition) is 0. The van der Waals surface area contributed by atoms with Crippen molar-refractivity contribution in [3.05, 3.63) is 0 Å². The zero-order valence-electron chi connectivity index (χ0n) is 89.4. The average Bonchev–Trinajstić information content (AvgIpc) is 0.861. The molecular weight excluding hydrogens is 1890 g/mol. The number of nitrogens with zero attached hydrogens (tertiary/aromatic N) is 4. The van der Waals surface area contributed by atoms with Crippen LogP contribution < -0.4 is 0 Å². The van der Waals surface area contributed by atoms with E-state index in [4.69, 9.17) is 171 Å². The van der Waals surface area contributed by atoms with Crippen molar-refractivity contribution in [2.75, 3.05) is 463 Å². The molecule has 0 amide bonds. The van der Waals surface area contributed by atoms with Crippen molar-refractivity contribution in [2.24, 2.45) is 10.2 Å². The van der Waals surface area contributed by atoms with Crippen LogP contribution >= 0.6 is 0 Å². The summed E-state index contributed by atoms with van der Waals surface area (Å²) < 4.78 is 198. The van der Waals surface area contributed by atoms with E-state index in [0.29, 0.717) is 436 Å². The molecule has 0 bridgehead atoms. The van der Waals surface area contributed by atoms with Crippen molar-refractivity contribution >= 4 is 11.9 Å². The predicted octanol–water partition coefficient (Wildman–Crippen LogP) is 10.3. The minimum Gasteiger partial charge on any atom is -0.466 e. The fraction of sp³-hybridized carbons (Fsp3) is 0.961. The molecule has 0 aromatic heterocycles. The van der Waals surface area contributed by atoms with E-state index >= 15 is 0 Å². The van der Waals surface area contributed by atoms with Crippen LogP contribution in [0.25, 0.3) is 0 Å². The average molecular weight is 2090 g/mol. The quantitative estimate of drug-likeness (QED) is 0.0310. The van der Waals surface area contributed by atoms with Gasteiger partial charge in [0, 0.05) is 40.3 Å². The largest absolute Gasteiger partial charge is 0.466 e. The Morgan fingerprint density at radius 1 is 0.167 bits per heavy atom. The summed E-state index contributed by atoms with van der Waals surface area (Å²) >= 11 is 0. The van der Waals surface area contributed by atoms with Gasteiger partial charge in [-0.25, -0.2) is 0 Å². The second kappa shape index (κ2) is 124. The molecule has 0 radical (unpaired) electrons. The van der Waals surface area contributed by atoms with Crippen molar-refractivity contribution in [1.29, 1.82) is 10.5 Å². The molecule has 0 fully saturated rings. The maximum absolute atomic E-state index is 12.6. The van der Waals surface area contributed by atoms with Gasteiger partial charge in [-0.2, -0.15) is 20.8 Å². The molecule has 144 heavy (non-hydrogen) atoms. The summed E-state index contributed by atoms with van der Waals surface area (Å²) in [7, 11) is 3.29. The highest BCUT2D eigenvalue weighted by molar-refractivity contribution is 5.70. The zero-order valence-corrected chi connectivity index (χ0v) is 89.4. The smallest absolute Gasteiger partial charge is 0.305 e. The number of ether oxygens (including phenoxy) is 36. The van der Waals surface area contributed by atoms with Crippen molar-refractivity contribution in [3.63, 3.8) is 0 Å². The fourth-order valence-electron chi connectivity index (χ4n) is 12.2. The van der Waals surface area contributed by atoms with Gasteiger partial charge in [-0.3, -0.25) is 9.59 Å². The lowest BCUT2D eigenvalue weighted by atomic mass is 9.97. The Morgan fingerprint density at radius 2 is 0.271 bits per heavy atom. The highest BCUT2D eigenvalue weighted by Crippen LogP contribution is 2.25. The van der Waals surface area contributed by atoms with Gasteiger partial charge < -0.3 is 171 Å². The Balaban J connectivity index is 3.43. The topological polar surface area (TPSA) is 439 Å². The lowest BCUT2D eigenvalue weighted by molar-refractivity contribution is -0.145. The molecular formula is C102H196N4O38. The van der Waals surface area contributed by atoms with Crippen molar-refractivity contribution < 1.29 is 180 Å². The first kappa shape index (κ1) is 140. The predicted molar refractivity (Wildman–Crippen MR) is 536 cm³/mol. The van der Waals surface area contributed by atoms with Crippen LogP contribution in [0.5, 0.6) is 0 Å². The molecule has 0 heterocycles. The minimum atomic E-state index is -1.33. The normalized spacial score (nSPS) is 12.6. The van der Waals surface area contributed by atoms with Crippen molar-refractivity contribution in [2.45, 2.75) is 179 Å². The van der Waals surface area contributed by atoms with E-state index in [1.165, 1.54) is 51.4 Å². The van der Waals surface area contributed by atoms with Crippen molar-refractivity contribution in [3.8, 4) is 12.1 Å². The summed E-state index contributed by atoms with van der Waals surface area (Å²) in [5.74, 6) is -0.796. The maximum atomic E-state index is 12.6. The first-order valence-corrected chi connectivity index (χ1v) is 53.3. The maximum Gasteiger partial charge on any atom is 0.305 e. The minimum absolute atomic E-state index is 0.00338. The molecule has 0 aliphatic carbocycles. The first-order chi connectivity index (χ1) is 71.2. The first-order valence-electron chi connectivity index (χ1n) is 53.3. The van der Waals surface area contributed by atoms with Crippen LogP contribution in [0.1, 0.15) is 168 Å². The van der Waals surface area contributed by atoms with Crippen LogP contribution in [-0.2, 0) is 180 Å². The van der Waals surface area contributed by atoms with E-state index in [1.54, 1.807) is 28.1 Å². The van der Waals surface area contributed by atoms with E-state index < -0.39 is 23.0 Å². The van der Waals surface area contributed by atoms with E-state index in [0.717, 1.165) is 90.3 Å². The molecule has 2 unspecified atom stereocenters. The molecule has 0 aliphatic heterocycles. The lowest BCUT2D eigenvalue weighted by Crippen LogP contribution is -2.25. The second-order valence-corrected chi connectivity index (χ2v) is 33.1. The Kier molecular flexibility index (Phi) is 121. The second-order valence-electron chi connectivity index (χ2n) is 33.1. The molecule has 0 aromatic rings. The van der Waals surface area contributed by atoms with Gasteiger partial charge in [-0.15, -0.1) is 0 Å². The number of unbranched alkanes of at least 4 members (excludes halogenated alkanes) is 18. The third kappa shape index (κ3) is 120. The van der Waals surface area contributed by atoms with Crippen molar-refractivity contribution in [1.82, 2.24) is 0 Å². The molecule has 0 spiro atoms. The van der Waals surface area contributed by atoms with Crippen LogP contribution in [0, 0.1) is 22.7 Å². The van der Waals surface area contributed by atoms with Gasteiger partial charge in [0.25, 0.3) is 0 Å². The zero-order chi connectivity index (χ0) is 103. The Bertz CT molecular complexity index is 2450. The summed E-state index contributed by atoms with van der Waals surface area (Å²) in [6.45, 7) is 37.4. The van der Waals surface area contributed by atoms with Gasteiger partial charge in [-0.05, 0) is 52.4 Å². The summed E-state index contributed by atoms with van der Waals surface area (Å²) in [6.07, 6.45) is 22.1. The summed E-state index contributed by atoms with van der Waals surface area (Å²) in [6, 6.07) is 4.25. The van der Waals surface area contributed by atoms with Crippen LogP contribution in [0.3, 0.4) is 0 Å². The number of methoxy groups -OCH3 is 2. The van der Waals surface area contributed by atoms with Gasteiger partial charge in [0.1, 0.15) is 0 Å². The van der Waals surface area contributed by atoms with Gasteiger partial charge >= 0.3 is 11.9 Å². The number of hydrogen-bond acceptors (Lipinski definition) is 42. The molecule has 0 N–H and O–H groups in total. The van der Waals surface area contributed by atoms with Gasteiger partial charge in [0.2, 0.25) is 0 Å². The standard InChI is InChI=1S/C102H196N4O38/c1-101(97-103,27-25-99(107)143-31-23-19-15-11-7-5-9-13-17-21-29-111-37-39-115-45-47-119-53-55-123-61-63-127-69-71-131-77-79-135-85-87-139-93-95-141-91-89-137-83-81-133-75-73-129-67-65-125-59-57-121-51-49-117-43-41-113-35-33-109-3)105-106-102(2,98-104)28-26-100(108)144-32-24-20-16-12-8-6-10-14-18-22-30-112-38-40-116-46-48-120-54-56-124-62-64-128-70-72-132-78-80-136-86-88-140-94-96-142-92-90-138-84-82-134-76-74-130-68-66-126-60-58-122-52-50-118-44-42-114-36-34-110-4/h5-96H2,1-4H3/b106-105+. The highest BCUT2D eigenvalue weighted by Gasteiger charge is 2.30. The van der Waals surface area contributed by atoms with Gasteiger partial charge in [0.05, 0.1) is 448 Å². The Hall–Kier alpha value is -3.84. The highest BCUT2D eigenvalue weighted by atomic mass is 16.6. The van der Waals surface area contributed by atoms with Crippen LogP contribution in [0.4, 0.5) is 0 Å². The molecule has 0 saturated carbocycles. The fourth-order valence-corrected chi connectivity index (χ4v) is 12.2. The van der Waals surface area contributed by atoms with E-state index in [9.17, 15) is 20.1 Å². The number of rotatable bonds is 130. The molecule has 852 valence electrons. The molecule has 2 atom stereocenters. The number of esters is 2. The number of azo groups is 1. The third-order valence-electron chi connectivity index (χ3n) is 20.5. The number of carbonyl (C=O) groups excluding carboxylic acids is 2.